The van der Waals surface area contributed by atoms with Gasteiger partial charge in [-0.05, 0) is 44.9 Å². The van der Waals surface area contributed by atoms with Gasteiger partial charge in [0.2, 0.25) is 0 Å². The van der Waals surface area contributed by atoms with Crippen LogP contribution in [0.3, 0.4) is 0 Å². The molecule has 4 rings (SSSR count). The molecule has 1 saturated heterocycles. The summed E-state index contributed by atoms with van der Waals surface area (Å²) in [5.41, 5.74) is 3.38. The SMILES string of the molecule is Cc1cc(C)nc(OC2CCCN(C(=O)C3=Cc4ccccc4OC3)C2)n1. The van der Waals surface area contributed by atoms with Gasteiger partial charge in [0.25, 0.3) is 5.91 Å². The second-order valence-electron chi connectivity index (χ2n) is 7.06. The molecule has 1 aromatic carbocycles. The number of aromatic nitrogens is 2. The van der Waals surface area contributed by atoms with Gasteiger partial charge in [-0.2, -0.15) is 0 Å². The predicted octanol–water partition coefficient (Wildman–Crippen LogP) is 2.94. The van der Waals surface area contributed by atoms with Gasteiger partial charge in [-0.25, -0.2) is 9.97 Å². The van der Waals surface area contributed by atoms with Crippen molar-refractivity contribution < 1.29 is 14.3 Å². The van der Waals surface area contributed by atoms with Gasteiger partial charge < -0.3 is 14.4 Å². The number of amides is 1. The Kier molecular flexibility index (Phi) is 4.79. The van der Waals surface area contributed by atoms with Gasteiger partial charge in [0.05, 0.1) is 12.1 Å². The highest BCUT2D eigenvalue weighted by atomic mass is 16.5. The molecule has 1 fully saturated rings. The van der Waals surface area contributed by atoms with Crippen LogP contribution in [0.4, 0.5) is 0 Å². The third-order valence-corrected chi connectivity index (χ3v) is 4.81. The van der Waals surface area contributed by atoms with E-state index in [0.717, 1.165) is 42.1 Å². The molecule has 6 heteroatoms. The van der Waals surface area contributed by atoms with Crippen LogP contribution in [0.1, 0.15) is 29.8 Å². The smallest absolute Gasteiger partial charge is 0.317 e. The first-order chi connectivity index (χ1) is 13.1. The molecule has 2 aliphatic rings. The number of carbonyl (C=O) groups excluding carboxylic acids is 1. The van der Waals surface area contributed by atoms with E-state index in [1.165, 1.54) is 0 Å². The summed E-state index contributed by atoms with van der Waals surface area (Å²) in [5, 5.41) is 0. The lowest BCUT2D eigenvalue weighted by molar-refractivity contribution is -0.130. The number of fused-ring (bicyclic) bond motifs is 1. The van der Waals surface area contributed by atoms with Crippen molar-refractivity contribution in [2.75, 3.05) is 19.7 Å². The lowest BCUT2D eigenvalue weighted by atomic mass is 10.0. The van der Waals surface area contributed by atoms with Crippen molar-refractivity contribution in [2.24, 2.45) is 0 Å². The Bertz CT molecular complexity index is 874. The fourth-order valence-corrected chi connectivity index (χ4v) is 3.56. The van der Waals surface area contributed by atoms with Crippen molar-refractivity contribution in [1.29, 1.82) is 0 Å². The quantitative estimate of drug-likeness (QED) is 0.837. The van der Waals surface area contributed by atoms with Crippen LogP contribution in [0.15, 0.2) is 35.9 Å². The number of carbonyl (C=O) groups is 1. The monoisotopic (exact) mass is 365 g/mol. The minimum Gasteiger partial charge on any atom is -0.488 e. The number of ether oxygens (including phenoxy) is 2. The molecular weight excluding hydrogens is 342 g/mol. The Hall–Kier alpha value is -2.89. The lowest BCUT2D eigenvalue weighted by Gasteiger charge is -2.33. The van der Waals surface area contributed by atoms with Crippen LogP contribution >= 0.6 is 0 Å². The fourth-order valence-electron chi connectivity index (χ4n) is 3.56. The largest absolute Gasteiger partial charge is 0.488 e. The van der Waals surface area contributed by atoms with Gasteiger partial charge in [0.1, 0.15) is 18.5 Å². The van der Waals surface area contributed by atoms with Crippen LogP contribution in [-0.2, 0) is 4.79 Å². The Morgan fingerprint density at radius 1 is 1.22 bits per heavy atom. The number of nitrogens with zero attached hydrogens (tertiary/aromatic N) is 3. The van der Waals surface area contributed by atoms with Crippen LogP contribution < -0.4 is 9.47 Å². The van der Waals surface area contributed by atoms with Gasteiger partial charge in [0, 0.05) is 23.5 Å². The highest BCUT2D eigenvalue weighted by molar-refractivity contribution is 5.99. The maximum Gasteiger partial charge on any atom is 0.317 e. The van der Waals surface area contributed by atoms with Gasteiger partial charge >= 0.3 is 6.01 Å². The second-order valence-corrected chi connectivity index (χ2v) is 7.06. The van der Waals surface area contributed by atoms with E-state index >= 15 is 0 Å². The van der Waals surface area contributed by atoms with E-state index in [9.17, 15) is 4.79 Å². The molecule has 2 aliphatic heterocycles. The molecule has 0 aliphatic carbocycles. The molecule has 0 bridgehead atoms. The molecule has 0 N–H and O–H groups in total. The number of rotatable bonds is 3. The van der Waals surface area contributed by atoms with E-state index in [4.69, 9.17) is 9.47 Å². The molecular formula is C21H23N3O3. The standard InChI is InChI=1S/C21H23N3O3/c1-14-10-15(2)23-21(22-14)27-18-7-5-9-24(12-18)20(25)17-11-16-6-3-4-8-19(16)26-13-17/h3-4,6,8,10-11,18H,5,7,9,12-13H2,1-2H3. The Morgan fingerprint density at radius 3 is 2.81 bits per heavy atom. The Morgan fingerprint density at radius 2 is 2.00 bits per heavy atom. The van der Waals surface area contributed by atoms with Gasteiger partial charge in [-0.1, -0.05) is 18.2 Å². The van der Waals surface area contributed by atoms with Crippen LogP contribution in [0.25, 0.3) is 6.08 Å². The highest BCUT2D eigenvalue weighted by Crippen LogP contribution is 2.27. The van der Waals surface area contributed by atoms with Crippen molar-refractivity contribution in [3.63, 3.8) is 0 Å². The third-order valence-electron chi connectivity index (χ3n) is 4.81. The molecule has 6 nitrogen and oxygen atoms in total. The minimum absolute atomic E-state index is 0.0131. The lowest BCUT2D eigenvalue weighted by Crippen LogP contribution is -2.45. The Labute approximate surface area is 158 Å². The highest BCUT2D eigenvalue weighted by Gasteiger charge is 2.28. The summed E-state index contributed by atoms with van der Waals surface area (Å²) in [6.45, 7) is 5.41. The summed E-state index contributed by atoms with van der Waals surface area (Å²) in [5.74, 6) is 0.833. The summed E-state index contributed by atoms with van der Waals surface area (Å²) in [6.07, 6.45) is 3.62. The van der Waals surface area contributed by atoms with Gasteiger partial charge in [-0.15, -0.1) is 0 Å². The number of likely N-dealkylation sites (tertiary alicyclic amines) is 1. The average molecular weight is 365 g/mol. The molecule has 1 unspecified atom stereocenters. The van der Waals surface area contributed by atoms with Gasteiger partial charge in [0.15, 0.2) is 0 Å². The summed E-state index contributed by atoms with van der Waals surface area (Å²) < 4.78 is 11.7. The van der Waals surface area contributed by atoms with Crippen LogP contribution in [0.5, 0.6) is 11.8 Å². The van der Waals surface area contributed by atoms with E-state index in [1.807, 2.05) is 55.2 Å². The van der Waals surface area contributed by atoms with E-state index in [-0.39, 0.29) is 12.0 Å². The molecule has 3 heterocycles. The zero-order valence-electron chi connectivity index (χ0n) is 15.6. The fraction of sp³-hybridized carbons (Fsp3) is 0.381. The second kappa shape index (κ2) is 7.39. The number of piperidine rings is 1. The first kappa shape index (κ1) is 17.5. The Balaban J connectivity index is 1.45. The van der Waals surface area contributed by atoms with E-state index in [2.05, 4.69) is 9.97 Å². The maximum absolute atomic E-state index is 13.0. The zero-order valence-corrected chi connectivity index (χ0v) is 15.6. The molecule has 0 saturated carbocycles. The molecule has 27 heavy (non-hydrogen) atoms. The van der Waals surface area contributed by atoms with Crippen LogP contribution in [0.2, 0.25) is 0 Å². The first-order valence-corrected chi connectivity index (χ1v) is 9.29. The topological polar surface area (TPSA) is 64.5 Å². The molecule has 0 spiro atoms. The van der Waals surface area contributed by atoms with Crippen molar-refractivity contribution in [2.45, 2.75) is 32.8 Å². The van der Waals surface area contributed by atoms with Crippen molar-refractivity contribution in [3.05, 3.63) is 52.9 Å². The van der Waals surface area contributed by atoms with Gasteiger partial charge in [-0.3, -0.25) is 4.79 Å². The number of hydrogen-bond donors (Lipinski definition) is 0. The number of hydrogen-bond acceptors (Lipinski definition) is 5. The van der Waals surface area contributed by atoms with Crippen LogP contribution in [-0.4, -0.2) is 46.6 Å². The van der Waals surface area contributed by atoms with E-state index in [1.54, 1.807) is 0 Å². The summed E-state index contributed by atoms with van der Waals surface area (Å²) in [6, 6.07) is 10.1. The zero-order chi connectivity index (χ0) is 18.8. The number of para-hydroxylation sites is 1. The molecule has 1 amide bonds. The number of aryl methyl sites for hydroxylation is 2. The normalized spacial score (nSPS) is 19.0. The predicted molar refractivity (Wildman–Crippen MR) is 102 cm³/mol. The molecule has 1 atom stereocenters. The summed E-state index contributed by atoms with van der Waals surface area (Å²) in [4.78, 5) is 23.5. The average Bonchev–Trinajstić information content (AvgIpc) is 2.66. The molecule has 140 valence electrons. The maximum atomic E-state index is 13.0. The van der Waals surface area contributed by atoms with E-state index in [0.29, 0.717) is 24.7 Å². The third kappa shape index (κ3) is 3.94. The minimum atomic E-state index is -0.0960. The van der Waals surface area contributed by atoms with Crippen molar-refractivity contribution >= 4 is 12.0 Å². The summed E-state index contributed by atoms with van der Waals surface area (Å²) >= 11 is 0. The van der Waals surface area contributed by atoms with Crippen molar-refractivity contribution in [1.82, 2.24) is 14.9 Å². The number of benzene rings is 1. The van der Waals surface area contributed by atoms with E-state index < -0.39 is 0 Å². The molecule has 1 aromatic heterocycles. The molecule has 2 aromatic rings. The van der Waals surface area contributed by atoms with Crippen molar-refractivity contribution in [3.8, 4) is 11.8 Å². The molecule has 0 radical (unpaired) electrons. The first-order valence-electron chi connectivity index (χ1n) is 9.29. The summed E-state index contributed by atoms with van der Waals surface area (Å²) in [7, 11) is 0. The van der Waals surface area contributed by atoms with Crippen LogP contribution in [0, 0.1) is 13.8 Å².